The van der Waals surface area contributed by atoms with Crippen molar-refractivity contribution in [3.05, 3.63) is 35.9 Å². The van der Waals surface area contributed by atoms with E-state index in [2.05, 4.69) is 25.7 Å². The largest absolute Gasteiger partial charge is 0.374 e. The lowest BCUT2D eigenvalue weighted by molar-refractivity contribution is -0.113. The van der Waals surface area contributed by atoms with Crippen LogP contribution >= 0.6 is 46.2 Å². The van der Waals surface area contributed by atoms with Crippen molar-refractivity contribution in [2.24, 2.45) is 0 Å². The number of ketones is 1. The van der Waals surface area contributed by atoms with E-state index in [-0.39, 0.29) is 23.2 Å². The molecule has 0 spiro atoms. The van der Waals surface area contributed by atoms with Crippen LogP contribution in [0.1, 0.15) is 10.4 Å². The van der Waals surface area contributed by atoms with Gasteiger partial charge in [0.05, 0.1) is 11.5 Å². The molecule has 8 nitrogen and oxygen atoms in total. The summed E-state index contributed by atoms with van der Waals surface area (Å²) >= 11 is 4.99. The second-order valence-corrected chi connectivity index (χ2v) is 9.13. The molecule has 0 saturated heterocycles. The van der Waals surface area contributed by atoms with Crippen LogP contribution in [0.4, 0.5) is 10.3 Å². The van der Waals surface area contributed by atoms with E-state index in [0.717, 1.165) is 0 Å². The quantitative estimate of drug-likeness (QED) is 0.319. The van der Waals surface area contributed by atoms with E-state index >= 15 is 0 Å². The molecule has 26 heavy (non-hydrogen) atoms. The van der Waals surface area contributed by atoms with E-state index in [4.69, 9.17) is 5.73 Å². The standard InChI is InChI=1S/C14H12N6O2S4/c15-11-17-19-13(25-11)24-7-10(22)16-12-18-20-14(26-12)23-6-9(21)8-4-2-1-3-5-8/h1-5H,6-7H2,(H2,15,17)(H,16,18,22). The molecule has 0 fully saturated rings. The highest BCUT2D eigenvalue weighted by atomic mass is 32.2. The van der Waals surface area contributed by atoms with E-state index in [1.807, 2.05) is 18.2 Å². The third-order valence-corrected chi connectivity index (χ3v) is 6.68. The zero-order valence-electron chi connectivity index (χ0n) is 13.1. The second-order valence-electron chi connectivity index (χ2n) is 4.69. The molecule has 0 aliphatic heterocycles. The fraction of sp³-hybridized carbons (Fsp3) is 0.143. The molecular weight excluding hydrogens is 412 g/mol. The summed E-state index contributed by atoms with van der Waals surface area (Å²) in [6.45, 7) is 0. The van der Waals surface area contributed by atoms with Gasteiger partial charge in [-0.3, -0.25) is 14.9 Å². The summed E-state index contributed by atoms with van der Waals surface area (Å²) in [5.41, 5.74) is 6.15. The van der Waals surface area contributed by atoms with E-state index < -0.39 is 0 Å². The van der Waals surface area contributed by atoms with Gasteiger partial charge in [0.25, 0.3) is 0 Å². The molecule has 0 unspecified atom stereocenters. The molecule has 134 valence electrons. The van der Waals surface area contributed by atoms with E-state index in [1.54, 1.807) is 12.1 Å². The molecule has 3 rings (SSSR count). The van der Waals surface area contributed by atoms with Gasteiger partial charge in [0.2, 0.25) is 16.2 Å². The van der Waals surface area contributed by atoms with Gasteiger partial charge in [0.1, 0.15) is 0 Å². The summed E-state index contributed by atoms with van der Waals surface area (Å²) in [4.78, 5) is 24.0. The van der Waals surface area contributed by atoms with Gasteiger partial charge in [-0.2, -0.15) is 0 Å². The Morgan fingerprint density at radius 3 is 2.38 bits per heavy atom. The molecule has 0 aliphatic rings. The number of amides is 1. The fourth-order valence-corrected chi connectivity index (χ4v) is 4.81. The summed E-state index contributed by atoms with van der Waals surface area (Å²) in [5.74, 6) is 0.227. The lowest BCUT2D eigenvalue weighted by atomic mass is 10.2. The molecule has 0 radical (unpaired) electrons. The topological polar surface area (TPSA) is 124 Å². The van der Waals surface area contributed by atoms with Crippen molar-refractivity contribution < 1.29 is 9.59 Å². The molecule has 0 aliphatic carbocycles. The Labute approximate surface area is 165 Å². The monoisotopic (exact) mass is 424 g/mol. The maximum Gasteiger partial charge on any atom is 0.236 e. The normalized spacial score (nSPS) is 10.6. The van der Waals surface area contributed by atoms with Crippen LogP contribution in [-0.2, 0) is 4.79 Å². The Kier molecular flexibility index (Phi) is 6.55. The first-order valence-corrected chi connectivity index (χ1v) is 10.8. The third kappa shape index (κ3) is 5.49. The van der Waals surface area contributed by atoms with Gasteiger partial charge in [-0.15, -0.1) is 20.4 Å². The Morgan fingerprint density at radius 1 is 0.962 bits per heavy atom. The van der Waals surface area contributed by atoms with Gasteiger partial charge in [0.15, 0.2) is 14.5 Å². The van der Waals surface area contributed by atoms with Crippen LogP contribution in [0, 0.1) is 0 Å². The van der Waals surface area contributed by atoms with Crippen molar-refractivity contribution in [1.29, 1.82) is 0 Å². The predicted molar refractivity (Wildman–Crippen MR) is 105 cm³/mol. The van der Waals surface area contributed by atoms with Crippen LogP contribution in [0.15, 0.2) is 39.0 Å². The Bertz CT molecular complexity index is 898. The van der Waals surface area contributed by atoms with Crippen molar-refractivity contribution in [3.63, 3.8) is 0 Å². The van der Waals surface area contributed by atoms with Crippen LogP contribution in [0.3, 0.4) is 0 Å². The van der Waals surface area contributed by atoms with Crippen molar-refractivity contribution in [2.75, 3.05) is 22.6 Å². The zero-order chi connectivity index (χ0) is 18.4. The number of hydrogen-bond donors (Lipinski definition) is 2. The van der Waals surface area contributed by atoms with Crippen LogP contribution in [0.2, 0.25) is 0 Å². The van der Waals surface area contributed by atoms with E-state index in [0.29, 0.717) is 24.5 Å². The number of anilines is 2. The summed E-state index contributed by atoms with van der Waals surface area (Å²) < 4.78 is 1.25. The highest BCUT2D eigenvalue weighted by Gasteiger charge is 2.12. The average molecular weight is 425 g/mol. The first kappa shape index (κ1) is 18.8. The number of nitrogens with two attached hydrogens (primary N) is 1. The number of hydrogen-bond acceptors (Lipinski definition) is 11. The lowest BCUT2D eigenvalue weighted by Crippen LogP contribution is -2.13. The van der Waals surface area contributed by atoms with Gasteiger partial charge < -0.3 is 5.73 Å². The molecule has 3 aromatic rings. The molecule has 1 aromatic carbocycles. The van der Waals surface area contributed by atoms with Crippen LogP contribution < -0.4 is 11.1 Å². The molecular formula is C14H12N6O2S4. The van der Waals surface area contributed by atoms with Crippen LogP contribution in [-0.4, -0.2) is 43.6 Å². The van der Waals surface area contributed by atoms with E-state index in [1.165, 1.54) is 46.2 Å². The highest BCUT2D eigenvalue weighted by molar-refractivity contribution is 8.02. The fourth-order valence-electron chi connectivity index (χ4n) is 1.71. The molecule has 1 amide bonds. The predicted octanol–water partition coefficient (Wildman–Crippen LogP) is 2.68. The Balaban J connectivity index is 1.45. The molecule has 0 saturated carbocycles. The number of carbonyl (C=O) groups is 2. The molecule has 0 bridgehead atoms. The number of aromatic nitrogens is 4. The molecule has 2 aromatic heterocycles. The number of thioether (sulfide) groups is 2. The summed E-state index contributed by atoms with van der Waals surface area (Å²) in [5, 5.41) is 18.8. The molecule has 2 heterocycles. The van der Waals surface area contributed by atoms with Gasteiger partial charge in [0, 0.05) is 5.56 Å². The number of carbonyl (C=O) groups excluding carboxylic acids is 2. The van der Waals surface area contributed by atoms with Crippen LogP contribution in [0.25, 0.3) is 0 Å². The highest BCUT2D eigenvalue weighted by Crippen LogP contribution is 2.27. The SMILES string of the molecule is Nc1nnc(SCC(=O)Nc2nnc(SCC(=O)c3ccccc3)s2)s1. The van der Waals surface area contributed by atoms with Crippen molar-refractivity contribution in [3.8, 4) is 0 Å². The Hall–Kier alpha value is -2.02. The number of Topliss-reactive ketones (excluding diaryl/α,β-unsaturated/α-hetero) is 1. The average Bonchev–Trinajstić information content (AvgIpc) is 3.27. The lowest BCUT2D eigenvalue weighted by Gasteiger charge is -1.99. The van der Waals surface area contributed by atoms with Gasteiger partial charge >= 0.3 is 0 Å². The van der Waals surface area contributed by atoms with Crippen molar-refractivity contribution in [2.45, 2.75) is 8.68 Å². The number of nitrogens with one attached hydrogen (secondary N) is 1. The van der Waals surface area contributed by atoms with Crippen molar-refractivity contribution >= 4 is 68.2 Å². The minimum atomic E-state index is -0.225. The number of rotatable bonds is 8. The molecule has 12 heteroatoms. The van der Waals surface area contributed by atoms with Gasteiger partial charge in [-0.25, -0.2) is 0 Å². The number of nitrogens with zero attached hydrogens (tertiary/aromatic N) is 4. The Morgan fingerprint density at radius 2 is 1.65 bits per heavy atom. The van der Waals surface area contributed by atoms with E-state index in [9.17, 15) is 9.59 Å². The maximum atomic E-state index is 12.1. The van der Waals surface area contributed by atoms with Gasteiger partial charge in [-0.05, 0) is 0 Å². The van der Waals surface area contributed by atoms with Crippen molar-refractivity contribution in [1.82, 2.24) is 20.4 Å². The summed E-state index contributed by atoms with van der Waals surface area (Å²) in [6, 6.07) is 9.06. The molecule has 0 atom stereocenters. The number of benzene rings is 1. The maximum absolute atomic E-state index is 12.1. The first-order valence-electron chi connectivity index (χ1n) is 7.16. The number of nitrogen functional groups attached to an aromatic ring is 1. The third-order valence-electron chi connectivity index (χ3n) is 2.82. The smallest absolute Gasteiger partial charge is 0.236 e. The van der Waals surface area contributed by atoms with Crippen LogP contribution in [0.5, 0.6) is 0 Å². The van der Waals surface area contributed by atoms with Gasteiger partial charge in [-0.1, -0.05) is 76.5 Å². The minimum Gasteiger partial charge on any atom is -0.374 e. The minimum absolute atomic E-state index is 0.0177. The first-order chi connectivity index (χ1) is 12.6. The molecule has 3 N–H and O–H groups in total. The second kappa shape index (κ2) is 9.07. The summed E-state index contributed by atoms with van der Waals surface area (Å²) in [6.07, 6.45) is 0. The summed E-state index contributed by atoms with van der Waals surface area (Å²) in [7, 11) is 0. The zero-order valence-corrected chi connectivity index (χ0v) is 16.4.